The number of nitrogens with zero attached hydrogens (tertiary/aromatic N) is 2. The first kappa shape index (κ1) is 14.8. The van der Waals surface area contributed by atoms with Crippen LogP contribution in [0.2, 0.25) is 0 Å². The summed E-state index contributed by atoms with van der Waals surface area (Å²) in [5.41, 5.74) is -0.376. The minimum absolute atomic E-state index is 0.376. The number of hydrogen-bond acceptors (Lipinski definition) is 4. The molecular formula is C15H27N3O. The lowest BCUT2D eigenvalue weighted by atomic mass is 9.93. The summed E-state index contributed by atoms with van der Waals surface area (Å²) in [5, 5.41) is 12.9. The Balaban J connectivity index is 1.82. The first-order chi connectivity index (χ1) is 9.06. The summed E-state index contributed by atoms with van der Waals surface area (Å²) >= 11 is 0. The summed E-state index contributed by atoms with van der Waals surface area (Å²) in [6.07, 6.45) is 6.00. The summed E-state index contributed by atoms with van der Waals surface area (Å²) in [6, 6.07) is 3.51. The standard InChI is InChI=1S/C15H27N3O/c1-12(18-8-6-14(19-3)7-9-18)10-15(2,11-16)17-13-4-5-13/h12-14,17H,4-10H2,1-3H3. The Kier molecular flexibility index (Phi) is 4.83. The first-order valence-corrected chi connectivity index (χ1v) is 7.52. The fourth-order valence-corrected chi connectivity index (χ4v) is 3.09. The molecule has 0 amide bonds. The van der Waals surface area contributed by atoms with Crippen LogP contribution in [0.25, 0.3) is 0 Å². The molecule has 1 N–H and O–H groups in total. The maximum atomic E-state index is 9.44. The van der Waals surface area contributed by atoms with Gasteiger partial charge in [-0.3, -0.25) is 5.32 Å². The molecule has 0 bridgehead atoms. The van der Waals surface area contributed by atoms with Crippen molar-refractivity contribution >= 4 is 0 Å². The Morgan fingerprint density at radius 2 is 2.00 bits per heavy atom. The van der Waals surface area contributed by atoms with Gasteiger partial charge in [-0.05, 0) is 46.0 Å². The third kappa shape index (κ3) is 4.17. The summed E-state index contributed by atoms with van der Waals surface area (Å²) in [4.78, 5) is 2.50. The zero-order chi connectivity index (χ0) is 13.9. The topological polar surface area (TPSA) is 48.3 Å². The lowest BCUT2D eigenvalue weighted by Crippen LogP contribution is -2.50. The van der Waals surface area contributed by atoms with E-state index in [4.69, 9.17) is 4.74 Å². The molecule has 2 unspecified atom stereocenters. The van der Waals surface area contributed by atoms with Gasteiger partial charge in [0, 0.05) is 32.3 Å². The van der Waals surface area contributed by atoms with Gasteiger partial charge < -0.3 is 9.64 Å². The Labute approximate surface area is 117 Å². The van der Waals surface area contributed by atoms with Crippen LogP contribution in [0.1, 0.15) is 46.0 Å². The van der Waals surface area contributed by atoms with E-state index in [1.807, 2.05) is 6.92 Å². The van der Waals surface area contributed by atoms with Crippen molar-refractivity contribution in [3.8, 4) is 6.07 Å². The highest BCUT2D eigenvalue weighted by atomic mass is 16.5. The predicted octanol–water partition coefficient (Wildman–Crippen LogP) is 1.91. The van der Waals surface area contributed by atoms with Gasteiger partial charge in [0.15, 0.2) is 0 Å². The van der Waals surface area contributed by atoms with E-state index in [0.717, 1.165) is 32.4 Å². The second-order valence-corrected chi connectivity index (χ2v) is 6.39. The zero-order valence-corrected chi connectivity index (χ0v) is 12.5. The van der Waals surface area contributed by atoms with E-state index in [0.29, 0.717) is 18.2 Å². The summed E-state index contributed by atoms with van der Waals surface area (Å²) in [6.45, 7) is 6.47. The Bertz CT molecular complexity index is 329. The number of piperidine rings is 1. The van der Waals surface area contributed by atoms with E-state index >= 15 is 0 Å². The van der Waals surface area contributed by atoms with Crippen LogP contribution in [0.4, 0.5) is 0 Å². The molecule has 0 aromatic rings. The van der Waals surface area contributed by atoms with Crippen molar-refractivity contribution in [2.24, 2.45) is 0 Å². The van der Waals surface area contributed by atoms with Crippen LogP contribution in [0.15, 0.2) is 0 Å². The molecular weight excluding hydrogens is 238 g/mol. The van der Waals surface area contributed by atoms with Gasteiger partial charge in [0.1, 0.15) is 5.54 Å². The van der Waals surface area contributed by atoms with Crippen molar-refractivity contribution in [1.29, 1.82) is 5.26 Å². The number of nitriles is 1. The van der Waals surface area contributed by atoms with Crippen molar-refractivity contribution in [2.75, 3.05) is 20.2 Å². The lowest BCUT2D eigenvalue weighted by Gasteiger charge is -2.38. The van der Waals surface area contributed by atoms with E-state index in [9.17, 15) is 5.26 Å². The first-order valence-electron chi connectivity index (χ1n) is 7.52. The van der Waals surface area contributed by atoms with Crippen LogP contribution in [0.5, 0.6) is 0 Å². The fourth-order valence-electron chi connectivity index (χ4n) is 3.09. The summed E-state index contributed by atoms with van der Waals surface area (Å²) < 4.78 is 5.41. The summed E-state index contributed by atoms with van der Waals surface area (Å²) in [7, 11) is 1.80. The number of hydrogen-bond donors (Lipinski definition) is 1. The highest BCUT2D eigenvalue weighted by Gasteiger charge is 2.35. The summed E-state index contributed by atoms with van der Waals surface area (Å²) in [5.74, 6) is 0. The van der Waals surface area contributed by atoms with E-state index < -0.39 is 0 Å². The maximum Gasteiger partial charge on any atom is 0.105 e. The smallest absolute Gasteiger partial charge is 0.105 e. The van der Waals surface area contributed by atoms with Crippen LogP contribution in [-0.4, -0.2) is 48.8 Å². The molecule has 1 saturated carbocycles. The molecule has 1 saturated heterocycles. The molecule has 0 aromatic carbocycles. The number of methoxy groups -OCH3 is 1. The van der Waals surface area contributed by atoms with E-state index in [-0.39, 0.29) is 5.54 Å². The molecule has 4 heteroatoms. The molecule has 1 heterocycles. The van der Waals surface area contributed by atoms with Crippen molar-refractivity contribution < 1.29 is 4.74 Å². The van der Waals surface area contributed by atoms with Crippen molar-refractivity contribution in [3.63, 3.8) is 0 Å². The third-order valence-corrected chi connectivity index (χ3v) is 4.48. The van der Waals surface area contributed by atoms with Gasteiger partial charge in [-0.2, -0.15) is 5.26 Å². The Morgan fingerprint density at radius 1 is 1.37 bits per heavy atom. The van der Waals surface area contributed by atoms with Crippen LogP contribution < -0.4 is 5.32 Å². The largest absolute Gasteiger partial charge is 0.381 e. The fraction of sp³-hybridized carbons (Fsp3) is 0.933. The van der Waals surface area contributed by atoms with Gasteiger partial charge in [-0.1, -0.05) is 0 Å². The molecule has 2 rings (SSSR count). The average Bonchev–Trinajstić information content (AvgIpc) is 3.22. The molecule has 1 aliphatic carbocycles. The molecule has 19 heavy (non-hydrogen) atoms. The molecule has 4 nitrogen and oxygen atoms in total. The normalized spacial score (nSPS) is 26.6. The van der Waals surface area contributed by atoms with Gasteiger partial charge in [-0.25, -0.2) is 0 Å². The molecule has 0 aromatic heterocycles. The number of rotatable bonds is 6. The van der Waals surface area contributed by atoms with Crippen LogP contribution >= 0.6 is 0 Å². The molecule has 0 radical (unpaired) electrons. The quantitative estimate of drug-likeness (QED) is 0.797. The SMILES string of the molecule is COC1CCN(C(C)CC(C)(C#N)NC2CC2)CC1. The van der Waals surface area contributed by atoms with E-state index in [1.54, 1.807) is 7.11 Å². The van der Waals surface area contributed by atoms with Gasteiger partial charge in [-0.15, -0.1) is 0 Å². The second kappa shape index (κ2) is 6.21. The van der Waals surface area contributed by atoms with Crippen LogP contribution in [0.3, 0.4) is 0 Å². The van der Waals surface area contributed by atoms with Gasteiger partial charge >= 0.3 is 0 Å². The highest BCUT2D eigenvalue weighted by molar-refractivity contribution is 5.08. The van der Waals surface area contributed by atoms with Crippen molar-refractivity contribution in [2.45, 2.75) is 69.7 Å². The number of nitrogens with one attached hydrogen (secondary N) is 1. The molecule has 0 spiro atoms. The highest BCUT2D eigenvalue weighted by Crippen LogP contribution is 2.26. The minimum Gasteiger partial charge on any atom is -0.381 e. The molecule has 1 aliphatic heterocycles. The third-order valence-electron chi connectivity index (χ3n) is 4.48. The molecule has 2 aliphatic rings. The predicted molar refractivity (Wildman–Crippen MR) is 75.9 cm³/mol. The van der Waals surface area contributed by atoms with E-state index in [2.05, 4.69) is 23.2 Å². The van der Waals surface area contributed by atoms with Gasteiger partial charge in [0.05, 0.1) is 12.2 Å². The van der Waals surface area contributed by atoms with Crippen LogP contribution in [0, 0.1) is 11.3 Å². The molecule has 108 valence electrons. The average molecular weight is 265 g/mol. The maximum absolute atomic E-state index is 9.44. The number of ether oxygens (including phenoxy) is 1. The van der Waals surface area contributed by atoms with Crippen molar-refractivity contribution in [1.82, 2.24) is 10.2 Å². The monoisotopic (exact) mass is 265 g/mol. The van der Waals surface area contributed by atoms with E-state index in [1.165, 1.54) is 12.8 Å². The van der Waals surface area contributed by atoms with Gasteiger partial charge in [0.2, 0.25) is 0 Å². The number of likely N-dealkylation sites (tertiary alicyclic amines) is 1. The Morgan fingerprint density at radius 3 is 2.47 bits per heavy atom. The van der Waals surface area contributed by atoms with Gasteiger partial charge in [0.25, 0.3) is 0 Å². The van der Waals surface area contributed by atoms with Crippen LogP contribution in [-0.2, 0) is 4.74 Å². The second-order valence-electron chi connectivity index (χ2n) is 6.39. The minimum atomic E-state index is -0.376. The van der Waals surface area contributed by atoms with Crippen molar-refractivity contribution in [3.05, 3.63) is 0 Å². The molecule has 2 fully saturated rings. The molecule has 2 atom stereocenters. The zero-order valence-electron chi connectivity index (χ0n) is 12.5. The lowest BCUT2D eigenvalue weighted by molar-refractivity contribution is 0.0259. The Hall–Kier alpha value is -0.630.